The third-order valence-corrected chi connectivity index (χ3v) is 6.66. The van der Waals surface area contributed by atoms with Gasteiger partial charge in [0, 0.05) is 32.5 Å². The van der Waals surface area contributed by atoms with Crippen molar-refractivity contribution in [1.82, 2.24) is 10.2 Å². The summed E-state index contributed by atoms with van der Waals surface area (Å²) in [6.45, 7) is 0.815. The first-order valence-electron chi connectivity index (χ1n) is 11.5. The lowest BCUT2D eigenvalue weighted by Crippen LogP contribution is -2.36. The van der Waals surface area contributed by atoms with Crippen molar-refractivity contribution in [3.05, 3.63) is 59.7 Å². The fourth-order valence-electron chi connectivity index (χ4n) is 4.61. The van der Waals surface area contributed by atoms with Crippen LogP contribution in [0.2, 0.25) is 0 Å². The number of aliphatic carboxylic acids is 1. The number of carboxylic acid groups (broad SMARTS) is 1. The molecule has 7 nitrogen and oxygen atoms in total. The molecule has 2 aliphatic rings. The maximum atomic E-state index is 12.5. The lowest BCUT2D eigenvalue weighted by atomic mass is 9.98. The molecular weight excluding hydrogens is 420 g/mol. The van der Waals surface area contributed by atoms with Crippen LogP contribution in [-0.4, -0.2) is 54.7 Å². The van der Waals surface area contributed by atoms with Crippen LogP contribution in [0.15, 0.2) is 48.5 Å². The first kappa shape index (κ1) is 22.8. The van der Waals surface area contributed by atoms with E-state index in [0.717, 1.165) is 24.0 Å². The highest BCUT2D eigenvalue weighted by Gasteiger charge is 2.34. The molecule has 7 heteroatoms. The Labute approximate surface area is 193 Å². The van der Waals surface area contributed by atoms with Crippen LogP contribution < -0.4 is 5.32 Å². The number of rotatable bonds is 10. The van der Waals surface area contributed by atoms with Gasteiger partial charge in [0.05, 0.1) is 6.42 Å². The number of nitrogens with zero attached hydrogens (tertiary/aromatic N) is 1. The normalized spacial score (nSPS) is 15.3. The molecule has 2 N–H and O–H groups in total. The van der Waals surface area contributed by atoms with Gasteiger partial charge in [-0.2, -0.15) is 0 Å². The fraction of sp³-hybridized carbons (Fsp3) is 0.423. The van der Waals surface area contributed by atoms with Gasteiger partial charge in [0.15, 0.2) is 0 Å². The second kappa shape index (κ2) is 10.1. The number of carboxylic acids is 1. The van der Waals surface area contributed by atoms with Crippen LogP contribution in [0, 0.1) is 11.8 Å². The summed E-state index contributed by atoms with van der Waals surface area (Å²) in [7, 11) is 1.62. The molecule has 0 heterocycles. The van der Waals surface area contributed by atoms with Crippen molar-refractivity contribution in [2.24, 2.45) is 11.8 Å². The van der Waals surface area contributed by atoms with Gasteiger partial charge in [-0.3, -0.25) is 9.59 Å². The van der Waals surface area contributed by atoms with E-state index in [4.69, 9.17) is 9.84 Å². The van der Waals surface area contributed by atoms with E-state index in [0.29, 0.717) is 18.9 Å². The average molecular weight is 451 g/mol. The number of fused-ring (bicyclic) bond motifs is 3. The summed E-state index contributed by atoms with van der Waals surface area (Å²) >= 11 is 0. The number of alkyl carbamates (subject to hydrolysis) is 1. The molecule has 0 radical (unpaired) electrons. The van der Waals surface area contributed by atoms with Gasteiger partial charge in [-0.25, -0.2) is 4.79 Å². The molecule has 1 saturated carbocycles. The van der Waals surface area contributed by atoms with E-state index in [9.17, 15) is 14.4 Å². The Morgan fingerprint density at radius 3 is 2.24 bits per heavy atom. The largest absolute Gasteiger partial charge is 0.481 e. The van der Waals surface area contributed by atoms with E-state index in [1.165, 1.54) is 16.0 Å². The zero-order valence-electron chi connectivity index (χ0n) is 18.8. The van der Waals surface area contributed by atoms with Crippen LogP contribution in [0.3, 0.4) is 0 Å². The van der Waals surface area contributed by atoms with E-state index >= 15 is 0 Å². The zero-order chi connectivity index (χ0) is 23.4. The van der Waals surface area contributed by atoms with Crippen molar-refractivity contribution in [2.75, 3.05) is 26.7 Å². The highest BCUT2D eigenvalue weighted by Crippen LogP contribution is 2.44. The van der Waals surface area contributed by atoms with Crippen LogP contribution in [0.5, 0.6) is 0 Å². The fourth-order valence-corrected chi connectivity index (χ4v) is 4.61. The van der Waals surface area contributed by atoms with Crippen molar-refractivity contribution in [2.45, 2.75) is 31.6 Å². The Hall–Kier alpha value is -3.35. The van der Waals surface area contributed by atoms with Crippen molar-refractivity contribution in [3.8, 4) is 11.1 Å². The predicted molar refractivity (Wildman–Crippen MR) is 124 cm³/mol. The highest BCUT2D eigenvalue weighted by molar-refractivity contribution is 5.79. The Morgan fingerprint density at radius 2 is 1.67 bits per heavy atom. The Balaban J connectivity index is 1.29. The van der Waals surface area contributed by atoms with Gasteiger partial charge < -0.3 is 20.1 Å². The number of ether oxygens (including phenoxy) is 1. The highest BCUT2D eigenvalue weighted by atomic mass is 16.5. The van der Waals surface area contributed by atoms with Crippen molar-refractivity contribution >= 4 is 18.0 Å². The van der Waals surface area contributed by atoms with Gasteiger partial charge in [-0.1, -0.05) is 48.5 Å². The minimum Gasteiger partial charge on any atom is -0.481 e. The Kier molecular flexibility index (Phi) is 6.96. The molecule has 2 aromatic rings. The van der Waals surface area contributed by atoms with E-state index in [1.807, 2.05) is 24.3 Å². The summed E-state index contributed by atoms with van der Waals surface area (Å²) in [6.07, 6.45) is 1.83. The van der Waals surface area contributed by atoms with Gasteiger partial charge in [0.1, 0.15) is 6.61 Å². The maximum absolute atomic E-state index is 12.5. The number of hydrogen-bond donors (Lipinski definition) is 2. The minimum absolute atomic E-state index is 0.00633. The summed E-state index contributed by atoms with van der Waals surface area (Å²) in [6, 6.07) is 16.4. The second-order valence-corrected chi connectivity index (χ2v) is 8.97. The molecular formula is C26H30N2O5. The van der Waals surface area contributed by atoms with Gasteiger partial charge in [0.2, 0.25) is 5.91 Å². The van der Waals surface area contributed by atoms with Crippen LogP contribution in [-0.2, 0) is 14.3 Å². The zero-order valence-corrected chi connectivity index (χ0v) is 18.8. The van der Waals surface area contributed by atoms with Crippen molar-refractivity contribution in [3.63, 3.8) is 0 Å². The molecule has 0 spiro atoms. The third kappa shape index (κ3) is 5.53. The van der Waals surface area contributed by atoms with Crippen molar-refractivity contribution < 1.29 is 24.2 Å². The number of carbonyl (C=O) groups excluding carboxylic acids is 2. The quantitative estimate of drug-likeness (QED) is 0.573. The molecule has 4 rings (SSSR count). The lowest BCUT2D eigenvalue weighted by molar-refractivity contribution is -0.138. The summed E-state index contributed by atoms with van der Waals surface area (Å²) < 4.78 is 5.60. The molecule has 0 aromatic heterocycles. The molecule has 174 valence electrons. The van der Waals surface area contributed by atoms with Crippen LogP contribution in [0.1, 0.15) is 42.7 Å². The number of amides is 2. The molecule has 0 saturated heterocycles. The molecule has 0 aliphatic heterocycles. The smallest absolute Gasteiger partial charge is 0.407 e. The standard InChI is InChI=1S/C26H30N2O5/c1-28(13-12-25(30)31)24(29)14-18(17-10-11-17)15-27-26(32)33-16-23-21-8-4-2-6-19(21)20-7-3-5-9-22(20)23/h2-9,17-18,23H,10-16H2,1H3,(H,27,32)(H,30,31). The Bertz CT molecular complexity index is 987. The SMILES string of the molecule is CN(CCC(=O)O)C(=O)CC(CNC(=O)OCC1c2ccccc2-c2ccccc21)C1CC1. The number of hydrogen-bond acceptors (Lipinski definition) is 4. The average Bonchev–Trinajstić information content (AvgIpc) is 3.61. The first-order valence-corrected chi connectivity index (χ1v) is 11.5. The number of nitrogens with one attached hydrogen (secondary N) is 1. The van der Waals surface area contributed by atoms with Gasteiger partial charge >= 0.3 is 12.1 Å². The topological polar surface area (TPSA) is 95.9 Å². The maximum Gasteiger partial charge on any atom is 0.407 e. The molecule has 1 fully saturated rings. The van der Waals surface area contributed by atoms with Gasteiger partial charge in [-0.05, 0) is 46.9 Å². The molecule has 1 unspecified atom stereocenters. The predicted octanol–water partition coefficient (Wildman–Crippen LogP) is 3.87. The van der Waals surface area contributed by atoms with Gasteiger partial charge in [0.25, 0.3) is 0 Å². The molecule has 33 heavy (non-hydrogen) atoms. The van der Waals surface area contributed by atoms with E-state index in [-0.39, 0.29) is 37.3 Å². The van der Waals surface area contributed by atoms with Gasteiger partial charge in [-0.15, -0.1) is 0 Å². The monoisotopic (exact) mass is 450 g/mol. The van der Waals surface area contributed by atoms with Crippen LogP contribution in [0.4, 0.5) is 4.79 Å². The lowest BCUT2D eigenvalue weighted by Gasteiger charge is -2.21. The molecule has 2 aromatic carbocycles. The number of carbonyl (C=O) groups is 3. The molecule has 2 amide bonds. The van der Waals surface area contributed by atoms with E-state index < -0.39 is 12.1 Å². The first-order chi connectivity index (χ1) is 15.9. The van der Waals surface area contributed by atoms with E-state index in [1.54, 1.807) is 7.05 Å². The van der Waals surface area contributed by atoms with E-state index in [2.05, 4.69) is 29.6 Å². The molecule has 2 aliphatic carbocycles. The summed E-state index contributed by atoms with van der Waals surface area (Å²) in [4.78, 5) is 37.1. The second-order valence-electron chi connectivity index (χ2n) is 8.97. The summed E-state index contributed by atoms with van der Waals surface area (Å²) in [5.41, 5.74) is 4.69. The van der Waals surface area contributed by atoms with Crippen LogP contribution >= 0.6 is 0 Å². The Morgan fingerprint density at radius 1 is 1.06 bits per heavy atom. The minimum atomic E-state index is -0.926. The molecule has 1 atom stereocenters. The van der Waals surface area contributed by atoms with Crippen molar-refractivity contribution in [1.29, 1.82) is 0 Å². The summed E-state index contributed by atoms with van der Waals surface area (Å²) in [5.74, 6) is -0.569. The van der Waals surface area contributed by atoms with Crippen LogP contribution in [0.25, 0.3) is 11.1 Å². The number of benzene rings is 2. The third-order valence-electron chi connectivity index (χ3n) is 6.66. The summed E-state index contributed by atoms with van der Waals surface area (Å²) in [5, 5.41) is 11.7. The molecule has 0 bridgehead atoms.